The lowest BCUT2D eigenvalue weighted by Gasteiger charge is -2.26. The van der Waals surface area contributed by atoms with E-state index in [1.807, 2.05) is 19.2 Å². The van der Waals surface area contributed by atoms with Gasteiger partial charge in [0.25, 0.3) is 0 Å². The molecule has 0 radical (unpaired) electrons. The number of anilines is 1. The molecule has 0 aliphatic carbocycles. The number of nitrogens with zero attached hydrogens (tertiary/aromatic N) is 4. The minimum atomic E-state index is 0.0586. The number of ether oxygens (including phenoxy) is 2. The Kier molecular flexibility index (Phi) is 7.98. The predicted molar refractivity (Wildman–Crippen MR) is 96.7 cm³/mol. The van der Waals surface area contributed by atoms with E-state index in [0.29, 0.717) is 6.01 Å². The summed E-state index contributed by atoms with van der Waals surface area (Å²) in [5, 5.41) is 0. The van der Waals surface area contributed by atoms with E-state index in [1.165, 1.54) is 0 Å². The lowest BCUT2D eigenvalue weighted by Crippen LogP contribution is -2.37. The molecule has 1 aromatic heterocycles. The molecule has 1 saturated heterocycles. The molecule has 6 heteroatoms. The molecule has 134 valence electrons. The average molecular weight is 334 g/mol. The van der Waals surface area contributed by atoms with Gasteiger partial charge < -0.3 is 14.4 Å². The first-order valence-electron chi connectivity index (χ1n) is 8.84. The highest BCUT2D eigenvalue weighted by atomic mass is 16.5. The number of allylic oxidation sites excluding steroid dienone is 1. The van der Waals surface area contributed by atoms with Crippen LogP contribution in [0.4, 0.5) is 5.82 Å². The molecule has 0 N–H and O–H groups in total. The molecule has 1 atom stereocenters. The van der Waals surface area contributed by atoms with E-state index < -0.39 is 0 Å². The summed E-state index contributed by atoms with van der Waals surface area (Å²) in [4.78, 5) is 13.3. The van der Waals surface area contributed by atoms with Crippen LogP contribution in [0.1, 0.15) is 26.2 Å². The molecule has 0 spiro atoms. The van der Waals surface area contributed by atoms with Gasteiger partial charge in [-0.05, 0) is 32.3 Å². The first-order valence-corrected chi connectivity index (χ1v) is 8.84. The molecule has 0 amide bonds. The molecule has 1 fully saturated rings. The van der Waals surface area contributed by atoms with Crippen LogP contribution in [-0.4, -0.2) is 67.4 Å². The number of aromatic nitrogens is 2. The van der Waals surface area contributed by atoms with Gasteiger partial charge in [-0.2, -0.15) is 4.98 Å². The van der Waals surface area contributed by atoms with Crippen molar-refractivity contribution in [1.82, 2.24) is 14.9 Å². The van der Waals surface area contributed by atoms with Gasteiger partial charge in [-0.3, -0.25) is 4.90 Å². The third-order valence-corrected chi connectivity index (χ3v) is 4.23. The topological polar surface area (TPSA) is 50.7 Å². The molecular weight excluding hydrogens is 304 g/mol. The lowest BCUT2D eigenvalue weighted by atomic mass is 10.2. The summed E-state index contributed by atoms with van der Waals surface area (Å²) in [6.07, 6.45) is 6.66. The summed E-state index contributed by atoms with van der Waals surface area (Å²) in [5.74, 6) is 0.883. The van der Waals surface area contributed by atoms with Crippen molar-refractivity contribution in [2.24, 2.45) is 0 Å². The SMILES string of the molecule is C=CCC[C@@H](CN1CCCOCC1)Oc1nccc(N(C)CC)n1. The van der Waals surface area contributed by atoms with Gasteiger partial charge in [-0.15, -0.1) is 6.58 Å². The molecule has 1 aliphatic rings. The first kappa shape index (κ1) is 18.7. The minimum absolute atomic E-state index is 0.0586. The molecule has 0 bridgehead atoms. The predicted octanol–water partition coefficient (Wildman–Crippen LogP) is 2.37. The van der Waals surface area contributed by atoms with Crippen molar-refractivity contribution >= 4 is 5.82 Å². The van der Waals surface area contributed by atoms with E-state index in [4.69, 9.17) is 9.47 Å². The van der Waals surface area contributed by atoms with Crippen molar-refractivity contribution in [3.63, 3.8) is 0 Å². The normalized spacial score (nSPS) is 17.1. The Bertz CT molecular complexity index is 490. The molecule has 1 aliphatic heterocycles. The summed E-state index contributed by atoms with van der Waals surface area (Å²) in [6.45, 7) is 11.3. The quantitative estimate of drug-likeness (QED) is 0.646. The molecule has 0 aromatic carbocycles. The van der Waals surface area contributed by atoms with Crippen molar-refractivity contribution in [1.29, 1.82) is 0 Å². The average Bonchev–Trinajstić information content (AvgIpc) is 2.88. The van der Waals surface area contributed by atoms with Crippen molar-refractivity contribution in [3.05, 3.63) is 24.9 Å². The van der Waals surface area contributed by atoms with Gasteiger partial charge in [0.1, 0.15) is 11.9 Å². The fourth-order valence-corrected chi connectivity index (χ4v) is 2.67. The van der Waals surface area contributed by atoms with Crippen LogP contribution in [-0.2, 0) is 4.74 Å². The molecule has 1 aromatic rings. The molecule has 2 rings (SSSR count). The molecule has 0 saturated carbocycles. The largest absolute Gasteiger partial charge is 0.459 e. The maximum atomic E-state index is 6.12. The highest BCUT2D eigenvalue weighted by molar-refractivity contribution is 5.36. The van der Waals surface area contributed by atoms with Crippen LogP contribution >= 0.6 is 0 Å². The standard InChI is InChI=1S/C18H30N4O2/c1-4-6-8-16(15-22-11-7-13-23-14-12-22)24-18-19-10-9-17(20-18)21(3)5-2/h4,9-10,16H,1,5-8,11-15H2,2-3H3/t16-/m0/s1. The van der Waals surface area contributed by atoms with Crippen LogP contribution in [0.15, 0.2) is 24.9 Å². The highest BCUT2D eigenvalue weighted by Gasteiger charge is 2.18. The Morgan fingerprint density at radius 1 is 1.46 bits per heavy atom. The van der Waals surface area contributed by atoms with Crippen LogP contribution in [0, 0.1) is 0 Å². The van der Waals surface area contributed by atoms with Crippen LogP contribution in [0.3, 0.4) is 0 Å². The Hall–Kier alpha value is -1.66. The third kappa shape index (κ3) is 6.09. The minimum Gasteiger partial charge on any atom is -0.459 e. The zero-order valence-corrected chi connectivity index (χ0v) is 15.0. The lowest BCUT2D eigenvalue weighted by molar-refractivity contribution is 0.106. The molecular formula is C18H30N4O2. The van der Waals surface area contributed by atoms with Crippen LogP contribution in [0.25, 0.3) is 0 Å². The molecule has 24 heavy (non-hydrogen) atoms. The zero-order chi connectivity index (χ0) is 17.2. The second kappa shape index (κ2) is 10.3. The van der Waals surface area contributed by atoms with Crippen molar-refractivity contribution in [2.75, 3.05) is 51.3 Å². The first-order chi connectivity index (χ1) is 11.7. The van der Waals surface area contributed by atoms with Gasteiger partial charge in [0, 0.05) is 46.0 Å². The summed E-state index contributed by atoms with van der Waals surface area (Å²) in [7, 11) is 2.01. The van der Waals surface area contributed by atoms with E-state index in [0.717, 1.165) is 64.5 Å². The fraction of sp³-hybridized carbons (Fsp3) is 0.667. The summed E-state index contributed by atoms with van der Waals surface area (Å²) in [5.41, 5.74) is 0. The highest BCUT2D eigenvalue weighted by Crippen LogP contribution is 2.15. The van der Waals surface area contributed by atoms with E-state index in [2.05, 4.69) is 33.3 Å². The van der Waals surface area contributed by atoms with E-state index in [-0.39, 0.29) is 6.10 Å². The van der Waals surface area contributed by atoms with Crippen molar-refractivity contribution < 1.29 is 9.47 Å². The van der Waals surface area contributed by atoms with Crippen LogP contribution in [0.5, 0.6) is 6.01 Å². The second-order valence-corrected chi connectivity index (χ2v) is 6.08. The Labute approximate surface area is 145 Å². The second-order valence-electron chi connectivity index (χ2n) is 6.08. The molecule has 2 heterocycles. The Morgan fingerprint density at radius 3 is 3.12 bits per heavy atom. The number of hydrogen-bond donors (Lipinski definition) is 0. The van der Waals surface area contributed by atoms with E-state index in [9.17, 15) is 0 Å². The van der Waals surface area contributed by atoms with Gasteiger partial charge in [0.2, 0.25) is 0 Å². The van der Waals surface area contributed by atoms with Gasteiger partial charge in [0.05, 0.1) is 6.61 Å². The molecule has 6 nitrogen and oxygen atoms in total. The smallest absolute Gasteiger partial charge is 0.318 e. The van der Waals surface area contributed by atoms with Gasteiger partial charge >= 0.3 is 6.01 Å². The maximum absolute atomic E-state index is 6.12. The third-order valence-electron chi connectivity index (χ3n) is 4.23. The van der Waals surface area contributed by atoms with Gasteiger partial charge in [0.15, 0.2) is 0 Å². The maximum Gasteiger partial charge on any atom is 0.318 e. The Balaban J connectivity index is 2.00. The van der Waals surface area contributed by atoms with Crippen molar-refractivity contribution in [3.8, 4) is 6.01 Å². The molecule has 0 unspecified atom stereocenters. The summed E-state index contributed by atoms with van der Waals surface area (Å²) < 4.78 is 11.6. The fourth-order valence-electron chi connectivity index (χ4n) is 2.67. The zero-order valence-electron chi connectivity index (χ0n) is 15.0. The van der Waals surface area contributed by atoms with Gasteiger partial charge in [-0.25, -0.2) is 4.98 Å². The van der Waals surface area contributed by atoms with Gasteiger partial charge in [-0.1, -0.05) is 6.08 Å². The number of hydrogen-bond acceptors (Lipinski definition) is 6. The summed E-state index contributed by atoms with van der Waals surface area (Å²) >= 11 is 0. The van der Waals surface area contributed by atoms with Crippen molar-refractivity contribution in [2.45, 2.75) is 32.3 Å². The monoisotopic (exact) mass is 334 g/mol. The van der Waals surface area contributed by atoms with E-state index >= 15 is 0 Å². The number of rotatable bonds is 9. The van der Waals surface area contributed by atoms with Crippen LogP contribution < -0.4 is 9.64 Å². The summed E-state index contributed by atoms with van der Waals surface area (Å²) in [6, 6.07) is 2.36. The van der Waals surface area contributed by atoms with E-state index in [1.54, 1.807) is 6.20 Å². The Morgan fingerprint density at radius 2 is 2.33 bits per heavy atom. The van der Waals surface area contributed by atoms with Crippen LogP contribution in [0.2, 0.25) is 0 Å².